The molecular weight excluding hydrogens is 184 g/mol. The van der Waals surface area contributed by atoms with Gasteiger partial charge < -0.3 is 20.1 Å². The molecule has 86 valence electrons. The molecule has 1 aliphatic heterocycles. The van der Waals surface area contributed by atoms with E-state index in [1.807, 2.05) is 6.92 Å². The van der Waals surface area contributed by atoms with Crippen molar-refractivity contribution >= 4 is 0 Å². The van der Waals surface area contributed by atoms with E-state index in [2.05, 4.69) is 6.92 Å². The van der Waals surface area contributed by atoms with Crippen molar-refractivity contribution in [3.63, 3.8) is 0 Å². The smallest absolute Gasteiger partial charge is 0.0768 e. The average molecular weight is 206 g/mol. The Labute approximate surface area is 85.5 Å². The van der Waals surface area contributed by atoms with Gasteiger partial charge >= 0.3 is 0 Å². The van der Waals surface area contributed by atoms with Crippen molar-refractivity contribution in [2.24, 2.45) is 5.41 Å². The fourth-order valence-corrected chi connectivity index (χ4v) is 0.927. The normalized spacial score (nSPS) is 20.4. The van der Waals surface area contributed by atoms with Crippen LogP contribution < -0.4 is 0 Å². The van der Waals surface area contributed by atoms with Gasteiger partial charge in [-0.05, 0) is 12.8 Å². The van der Waals surface area contributed by atoms with Gasteiger partial charge in [0.15, 0.2) is 0 Å². The van der Waals surface area contributed by atoms with Crippen LogP contribution in [0.15, 0.2) is 0 Å². The van der Waals surface area contributed by atoms with Gasteiger partial charge in [-0.2, -0.15) is 0 Å². The van der Waals surface area contributed by atoms with E-state index in [1.165, 1.54) is 0 Å². The highest BCUT2D eigenvalue weighted by Crippen LogP contribution is 2.29. The number of aliphatic hydroxyl groups excluding tert-OH is 3. The zero-order valence-electron chi connectivity index (χ0n) is 9.07. The number of ether oxygens (including phenoxy) is 1. The lowest BCUT2D eigenvalue weighted by Gasteiger charge is -2.38. The number of hydrogen-bond donors (Lipinski definition) is 3. The van der Waals surface area contributed by atoms with Crippen LogP contribution in [0, 0.1) is 5.41 Å². The Morgan fingerprint density at radius 2 is 1.86 bits per heavy atom. The molecule has 1 unspecified atom stereocenters. The molecule has 0 bridgehead atoms. The van der Waals surface area contributed by atoms with E-state index in [9.17, 15) is 0 Å². The zero-order valence-corrected chi connectivity index (χ0v) is 9.07. The number of hydrogen-bond acceptors (Lipinski definition) is 4. The maximum absolute atomic E-state index is 8.76. The first-order valence-electron chi connectivity index (χ1n) is 5.11. The van der Waals surface area contributed by atoms with Gasteiger partial charge in [-0.1, -0.05) is 13.8 Å². The Kier molecular flexibility index (Phi) is 7.09. The molecule has 1 saturated heterocycles. The molecule has 0 saturated carbocycles. The monoisotopic (exact) mass is 206 g/mol. The van der Waals surface area contributed by atoms with E-state index >= 15 is 0 Å². The molecule has 1 heterocycles. The maximum atomic E-state index is 8.76. The van der Waals surface area contributed by atoms with E-state index < -0.39 is 6.10 Å². The van der Waals surface area contributed by atoms with Crippen LogP contribution in [0.5, 0.6) is 0 Å². The van der Waals surface area contributed by atoms with Gasteiger partial charge in [0.05, 0.1) is 32.5 Å². The molecule has 1 atom stereocenters. The zero-order chi connectivity index (χ0) is 11.0. The molecule has 0 aliphatic carbocycles. The Balaban J connectivity index is 0.000000255. The van der Waals surface area contributed by atoms with Gasteiger partial charge in [0.1, 0.15) is 0 Å². The van der Waals surface area contributed by atoms with Crippen LogP contribution in [0.25, 0.3) is 0 Å². The standard InChI is InChI=1S/C6H12O2.C4H10O2/c1-2-6(3-7)4-8-5-6;1-2-4(6)3-5/h7H,2-5H2,1H3;4-6H,2-3H2,1H3. The van der Waals surface area contributed by atoms with Crippen molar-refractivity contribution < 1.29 is 20.1 Å². The van der Waals surface area contributed by atoms with E-state index in [0.717, 1.165) is 19.6 Å². The summed E-state index contributed by atoms with van der Waals surface area (Å²) in [5.74, 6) is 0. The van der Waals surface area contributed by atoms with E-state index in [1.54, 1.807) is 0 Å². The third kappa shape index (κ3) is 4.37. The van der Waals surface area contributed by atoms with Crippen LogP contribution in [0.3, 0.4) is 0 Å². The SMILES string of the molecule is CCC(O)CO.CCC1(CO)COC1. The molecule has 4 heteroatoms. The van der Waals surface area contributed by atoms with Crippen LogP contribution in [0.1, 0.15) is 26.7 Å². The van der Waals surface area contributed by atoms with Crippen LogP contribution in [0.2, 0.25) is 0 Å². The first-order chi connectivity index (χ1) is 6.64. The molecule has 1 fully saturated rings. The third-order valence-corrected chi connectivity index (χ3v) is 2.58. The molecule has 1 rings (SSSR count). The summed E-state index contributed by atoms with van der Waals surface area (Å²) in [6.45, 7) is 5.57. The molecule has 4 nitrogen and oxygen atoms in total. The lowest BCUT2D eigenvalue weighted by Crippen LogP contribution is -2.44. The molecule has 0 aromatic rings. The highest BCUT2D eigenvalue weighted by atomic mass is 16.5. The van der Waals surface area contributed by atoms with E-state index in [4.69, 9.17) is 20.1 Å². The Morgan fingerprint density at radius 1 is 1.29 bits per heavy atom. The number of rotatable bonds is 4. The molecule has 3 N–H and O–H groups in total. The molecule has 0 radical (unpaired) electrons. The minimum absolute atomic E-state index is 0.115. The van der Waals surface area contributed by atoms with Gasteiger partial charge in [0, 0.05) is 5.41 Å². The molecule has 14 heavy (non-hydrogen) atoms. The van der Waals surface area contributed by atoms with Gasteiger partial charge in [-0.25, -0.2) is 0 Å². The lowest BCUT2D eigenvalue weighted by molar-refractivity contribution is -0.138. The molecule has 0 aromatic heterocycles. The Morgan fingerprint density at radius 3 is 1.86 bits per heavy atom. The van der Waals surface area contributed by atoms with Crippen molar-refractivity contribution in [3.05, 3.63) is 0 Å². The summed E-state index contributed by atoms with van der Waals surface area (Å²) in [5.41, 5.74) is 0.139. The first-order valence-corrected chi connectivity index (χ1v) is 5.11. The van der Waals surface area contributed by atoms with Gasteiger partial charge in [0.25, 0.3) is 0 Å². The summed E-state index contributed by atoms with van der Waals surface area (Å²) in [6, 6.07) is 0. The van der Waals surface area contributed by atoms with Gasteiger partial charge in [0.2, 0.25) is 0 Å². The predicted octanol–water partition coefficient (Wildman–Crippen LogP) is 0.155. The largest absolute Gasteiger partial charge is 0.396 e. The Bertz CT molecular complexity index is 117. The van der Waals surface area contributed by atoms with Crippen molar-refractivity contribution in [1.82, 2.24) is 0 Å². The van der Waals surface area contributed by atoms with Crippen LogP contribution in [0.4, 0.5) is 0 Å². The fourth-order valence-electron chi connectivity index (χ4n) is 0.927. The van der Waals surface area contributed by atoms with Gasteiger partial charge in [-0.3, -0.25) is 0 Å². The van der Waals surface area contributed by atoms with Crippen LogP contribution in [-0.2, 0) is 4.74 Å². The molecular formula is C10H22O4. The summed E-state index contributed by atoms with van der Waals surface area (Å²) in [4.78, 5) is 0. The van der Waals surface area contributed by atoms with Crippen molar-refractivity contribution in [1.29, 1.82) is 0 Å². The lowest BCUT2D eigenvalue weighted by atomic mass is 9.84. The van der Waals surface area contributed by atoms with Crippen molar-refractivity contribution in [2.75, 3.05) is 26.4 Å². The highest BCUT2D eigenvalue weighted by Gasteiger charge is 2.35. The summed E-state index contributed by atoms with van der Waals surface area (Å²) >= 11 is 0. The second-order valence-corrected chi connectivity index (χ2v) is 3.75. The average Bonchev–Trinajstić information content (AvgIpc) is 2.18. The summed E-state index contributed by atoms with van der Waals surface area (Å²) in [5, 5.41) is 25.3. The first kappa shape index (κ1) is 13.8. The molecule has 0 amide bonds. The number of aliphatic hydroxyl groups is 3. The minimum atomic E-state index is -0.509. The molecule has 0 spiro atoms. The quantitative estimate of drug-likeness (QED) is 0.612. The molecule has 0 aromatic carbocycles. The highest BCUT2D eigenvalue weighted by molar-refractivity contribution is 4.82. The summed E-state index contributed by atoms with van der Waals surface area (Å²) < 4.78 is 4.96. The summed E-state index contributed by atoms with van der Waals surface area (Å²) in [6.07, 6.45) is 1.16. The Hall–Kier alpha value is -0.160. The van der Waals surface area contributed by atoms with Crippen molar-refractivity contribution in [2.45, 2.75) is 32.8 Å². The summed E-state index contributed by atoms with van der Waals surface area (Å²) in [7, 11) is 0. The van der Waals surface area contributed by atoms with Crippen LogP contribution in [-0.4, -0.2) is 47.9 Å². The second-order valence-electron chi connectivity index (χ2n) is 3.75. The van der Waals surface area contributed by atoms with Crippen molar-refractivity contribution in [3.8, 4) is 0 Å². The fraction of sp³-hybridized carbons (Fsp3) is 1.00. The second kappa shape index (κ2) is 7.17. The predicted molar refractivity (Wildman–Crippen MR) is 54.0 cm³/mol. The topological polar surface area (TPSA) is 69.9 Å². The minimum Gasteiger partial charge on any atom is -0.396 e. The third-order valence-electron chi connectivity index (χ3n) is 2.58. The maximum Gasteiger partial charge on any atom is 0.0768 e. The van der Waals surface area contributed by atoms with Crippen LogP contribution >= 0.6 is 0 Å². The molecule has 1 aliphatic rings. The van der Waals surface area contributed by atoms with Gasteiger partial charge in [-0.15, -0.1) is 0 Å². The van der Waals surface area contributed by atoms with E-state index in [-0.39, 0.29) is 18.6 Å². The van der Waals surface area contributed by atoms with E-state index in [0.29, 0.717) is 6.42 Å².